The van der Waals surface area contributed by atoms with Gasteiger partial charge in [-0.3, -0.25) is 4.79 Å². The quantitative estimate of drug-likeness (QED) is 0.332. The Kier molecular flexibility index (Phi) is 4.90. The number of rotatable bonds is 4. The number of thiophene rings is 1. The number of benzene rings is 2. The monoisotopic (exact) mass is 376 g/mol. The lowest BCUT2D eigenvalue weighted by atomic mass is 9.94. The summed E-state index contributed by atoms with van der Waals surface area (Å²) in [6.07, 6.45) is 4.22. The van der Waals surface area contributed by atoms with Gasteiger partial charge in [0.2, 0.25) is 0 Å². The van der Waals surface area contributed by atoms with Gasteiger partial charge in [-0.05, 0) is 68.0 Å². The molecule has 0 amide bonds. The Balaban J connectivity index is 1.70. The highest BCUT2D eigenvalue weighted by atomic mass is 32.1. The van der Waals surface area contributed by atoms with Crippen LogP contribution in [-0.2, 0) is 12.8 Å². The molecule has 1 aliphatic rings. The van der Waals surface area contributed by atoms with Crippen molar-refractivity contribution in [2.24, 2.45) is 0 Å². The van der Waals surface area contributed by atoms with Gasteiger partial charge in [0.25, 0.3) is 0 Å². The van der Waals surface area contributed by atoms with Crippen molar-refractivity contribution >= 4 is 23.1 Å². The average molecular weight is 376 g/mol. The summed E-state index contributed by atoms with van der Waals surface area (Å²) < 4.78 is 5.68. The average Bonchev–Trinajstić information content (AvgIpc) is 3.09. The first kappa shape index (κ1) is 17.7. The summed E-state index contributed by atoms with van der Waals surface area (Å²) in [5.41, 5.74) is 3.51. The van der Waals surface area contributed by atoms with Crippen LogP contribution in [0.5, 0.6) is 5.75 Å². The number of fused-ring (bicyclic) bond motifs is 1. The summed E-state index contributed by atoms with van der Waals surface area (Å²) in [5.74, 6) is 0.134. The number of esters is 1. The fourth-order valence-corrected chi connectivity index (χ4v) is 4.87. The number of ketones is 1. The Bertz CT molecular complexity index is 984. The zero-order chi connectivity index (χ0) is 18.8. The molecule has 1 aliphatic carbocycles. The third-order valence-electron chi connectivity index (χ3n) is 4.88. The number of carbonyl (C=O) groups excluding carboxylic acids is 2. The van der Waals surface area contributed by atoms with E-state index in [2.05, 4.69) is 0 Å². The van der Waals surface area contributed by atoms with E-state index in [9.17, 15) is 9.59 Å². The summed E-state index contributed by atoms with van der Waals surface area (Å²) >= 11 is 1.71. The maximum absolute atomic E-state index is 13.1. The van der Waals surface area contributed by atoms with E-state index < -0.39 is 0 Å². The topological polar surface area (TPSA) is 43.4 Å². The molecule has 136 valence electrons. The van der Waals surface area contributed by atoms with Crippen LogP contribution in [0.3, 0.4) is 0 Å². The molecule has 0 fully saturated rings. The van der Waals surface area contributed by atoms with Gasteiger partial charge in [-0.1, -0.05) is 30.3 Å². The van der Waals surface area contributed by atoms with Crippen LogP contribution in [0.15, 0.2) is 54.6 Å². The van der Waals surface area contributed by atoms with E-state index in [4.69, 9.17) is 4.74 Å². The second kappa shape index (κ2) is 7.49. The van der Waals surface area contributed by atoms with Crippen molar-refractivity contribution in [1.29, 1.82) is 0 Å². The number of ether oxygens (including phenoxy) is 1. The van der Waals surface area contributed by atoms with E-state index >= 15 is 0 Å². The van der Waals surface area contributed by atoms with Crippen molar-refractivity contribution in [3.05, 3.63) is 76.2 Å². The second-order valence-electron chi connectivity index (χ2n) is 6.75. The first-order chi connectivity index (χ1) is 13.1. The van der Waals surface area contributed by atoms with Crippen molar-refractivity contribution < 1.29 is 14.3 Å². The van der Waals surface area contributed by atoms with Gasteiger partial charge in [0, 0.05) is 15.3 Å². The van der Waals surface area contributed by atoms with Gasteiger partial charge < -0.3 is 4.74 Å². The highest BCUT2D eigenvalue weighted by Gasteiger charge is 2.27. The lowest BCUT2D eigenvalue weighted by Gasteiger charge is -2.13. The Morgan fingerprint density at radius 2 is 1.63 bits per heavy atom. The minimum Gasteiger partial charge on any atom is -0.423 e. The SMILES string of the molecule is CC(=O)c1ccc(OC(=O)c2c(-c3ccccc3)sc3c2CCCC3)cc1. The number of hydrogen-bond acceptors (Lipinski definition) is 4. The molecule has 1 aromatic heterocycles. The van der Waals surface area contributed by atoms with Crippen LogP contribution in [0.2, 0.25) is 0 Å². The lowest BCUT2D eigenvalue weighted by molar-refractivity contribution is 0.0734. The molecule has 0 radical (unpaired) electrons. The molecule has 27 heavy (non-hydrogen) atoms. The Morgan fingerprint density at radius 1 is 0.926 bits per heavy atom. The molecule has 1 heterocycles. The van der Waals surface area contributed by atoms with Crippen LogP contribution < -0.4 is 4.74 Å². The number of carbonyl (C=O) groups is 2. The number of aryl methyl sites for hydroxylation is 1. The van der Waals surface area contributed by atoms with Crippen LogP contribution in [-0.4, -0.2) is 11.8 Å². The van der Waals surface area contributed by atoms with E-state index in [1.54, 1.807) is 35.6 Å². The van der Waals surface area contributed by atoms with Crippen molar-refractivity contribution in [2.45, 2.75) is 32.6 Å². The molecule has 0 unspecified atom stereocenters. The molecule has 2 aromatic carbocycles. The van der Waals surface area contributed by atoms with Crippen LogP contribution in [0, 0.1) is 0 Å². The van der Waals surface area contributed by atoms with Gasteiger partial charge in [-0.25, -0.2) is 4.79 Å². The zero-order valence-electron chi connectivity index (χ0n) is 15.2. The summed E-state index contributed by atoms with van der Waals surface area (Å²) in [5, 5.41) is 0. The predicted octanol–water partition coefficient (Wildman–Crippen LogP) is 5.72. The summed E-state index contributed by atoms with van der Waals surface area (Å²) in [4.78, 5) is 26.8. The summed E-state index contributed by atoms with van der Waals surface area (Å²) in [7, 11) is 0. The van der Waals surface area contributed by atoms with Gasteiger partial charge in [-0.15, -0.1) is 11.3 Å². The molecule has 0 N–H and O–H groups in total. The minimum absolute atomic E-state index is 0.00820. The van der Waals surface area contributed by atoms with Crippen molar-refractivity contribution in [3.63, 3.8) is 0 Å². The molecule has 0 aliphatic heterocycles. The Morgan fingerprint density at radius 3 is 2.33 bits per heavy atom. The third kappa shape index (κ3) is 3.58. The standard InChI is InChI=1S/C23H20O3S/c1-15(24)16-11-13-18(14-12-16)26-23(25)21-19-9-5-6-10-20(19)27-22(21)17-7-3-2-4-8-17/h2-4,7-8,11-14H,5-6,9-10H2,1H3. The van der Waals surface area contributed by atoms with Gasteiger partial charge in [0.05, 0.1) is 5.56 Å². The van der Waals surface area contributed by atoms with E-state index in [-0.39, 0.29) is 11.8 Å². The first-order valence-corrected chi connectivity index (χ1v) is 9.98. The van der Waals surface area contributed by atoms with Gasteiger partial charge >= 0.3 is 5.97 Å². The molecule has 0 spiro atoms. The molecule has 0 bridgehead atoms. The van der Waals surface area contributed by atoms with Crippen molar-refractivity contribution in [3.8, 4) is 16.2 Å². The van der Waals surface area contributed by atoms with Crippen molar-refractivity contribution in [2.75, 3.05) is 0 Å². The number of hydrogen-bond donors (Lipinski definition) is 0. The molecule has 0 atom stereocenters. The molecule has 3 nitrogen and oxygen atoms in total. The second-order valence-corrected chi connectivity index (χ2v) is 7.86. The van der Waals surface area contributed by atoms with E-state index in [0.717, 1.165) is 35.3 Å². The molecule has 0 saturated carbocycles. The lowest BCUT2D eigenvalue weighted by Crippen LogP contribution is -2.13. The molecule has 3 aromatic rings. The first-order valence-electron chi connectivity index (χ1n) is 9.16. The van der Waals surface area contributed by atoms with E-state index in [1.807, 2.05) is 30.3 Å². The molecule has 4 heteroatoms. The van der Waals surface area contributed by atoms with Gasteiger partial charge in [-0.2, -0.15) is 0 Å². The van der Waals surface area contributed by atoms with Crippen molar-refractivity contribution in [1.82, 2.24) is 0 Å². The largest absolute Gasteiger partial charge is 0.423 e. The minimum atomic E-state index is -0.316. The van der Waals surface area contributed by atoms with E-state index in [0.29, 0.717) is 16.9 Å². The Hall–Kier alpha value is -2.72. The highest BCUT2D eigenvalue weighted by molar-refractivity contribution is 7.16. The third-order valence-corrected chi connectivity index (χ3v) is 6.22. The molecule has 4 rings (SSSR count). The van der Waals surface area contributed by atoms with Gasteiger partial charge in [0.15, 0.2) is 5.78 Å². The van der Waals surface area contributed by atoms with E-state index in [1.165, 1.54) is 18.2 Å². The summed E-state index contributed by atoms with van der Waals surface area (Å²) in [6.45, 7) is 1.52. The highest BCUT2D eigenvalue weighted by Crippen LogP contribution is 2.40. The molecule has 0 saturated heterocycles. The maximum atomic E-state index is 13.1. The van der Waals surface area contributed by atoms with Crippen LogP contribution in [0.25, 0.3) is 10.4 Å². The maximum Gasteiger partial charge on any atom is 0.345 e. The van der Waals surface area contributed by atoms with Crippen LogP contribution in [0.1, 0.15) is 50.9 Å². The molecular weight excluding hydrogens is 356 g/mol. The molecular formula is C23H20O3S. The number of Topliss-reactive ketones (excluding diaryl/α,β-unsaturated/α-hetero) is 1. The summed E-state index contributed by atoms with van der Waals surface area (Å²) in [6, 6.07) is 16.8. The fraction of sp³-hybridized carbons (Fsp3) is 0.217. The van der Waals surface area contributed by atoms with Crippen LogP contribution >= 0.6 is 11.3 Å². The van der Waals surface area contributed by atoms with Gasteiger partial charge in [0.1, 0.15) is 5.75 Å². The zero-order valence-corrected chi connectivity index (χ0v) is 16.0. The van der Waals surface area contributed by atoms with Crippen LogP contribution in [0.4, 0.5) is 0 Å². The smallest absolute Gasteiger partial charge is 0.345 e. The fourth-order valence-electron chi connectivity index (χ4n) is 3.49. The predicted molar refractivity (Wildman–Crippen MR) is 108 cm³/mol. The Labute approximate surface area is 162 Å². The normalized spacial score (nSPS) is 13.1.